The summed E-state index contributed by atoms with van der Waals surface area (Å²) in [6.45, 7) is 0. The summed E-state index contributed by atoms with van der Waals surface area (Å²) in [7, 11) is 0. The minimum absolute atomic E-state index is 0.137. The SMILES string of the molecule is O=C1CSC2(SCCS2)N1c1nnc(-c2ccccc2)s1. The molecule has 2 aliphatic rings. The summed E-state index contributed by atoms with van der Waals surface area (Å²) in [5.74, 6) is 2.82. The van der Waals surface area contributed by atoms with Gasteiger partial charge in [-0.1, -0.05) is 41.7 Å². The standard InChI is InChI=1S/C13H11N3OS4/c17-10-8-20-13(18-6-7-19-13)16(10)12-15-14-11(21-12)9-4-2-1-3-5-9/h1-5H,6-8H2. The van der Waals surface area contributed by atoms with Crippen molar-refractivity contribution in [3.63, 3.8) is 0 Å². The first-order valence-electron chi connectivity index (χ1n) is 6.42. The molecule has 0 bridgehead atoms. The quantitative estimate of drug-likeness (QED) is 0.825. The first-order valence-corrected chi connectivity index (χ1v) is 10.2. The molecule has 0 saturated carbocycles. The maximum atomic E-state index is 12.3. The number of amides is 1. The van der Waals surface area contributed by atoms with Crippen molar-refractivity contribution < 1.29 is 4.79 Å². The minimum atomic E-state index is -0.218. The van der Waals surface area contributed by atoms with E-state index in [4.69, 9.17) is 0 Å². The Labute approximate surface area is 139 Å². The molecule has 2 aromatic rings. The van der Waals surface area contributed by atoms with E-state index in [0.717, 1.165) is 22.1 Å². The molecular weight excluding hydrogens is 342 g/mol. The number of rotatable bonds is 2. The Bertz CT molecular complexity index is 669. The molecule has 3 heterocycles. The maximum absolute atomic E-state index is 12.3. The van der Waals surface area contributed by atoms with Gasteiger partial charge in [0.05, 0.1) is 5.75 Å². The second-order valence-corrected chi connectivity index (χ2v) is 9.97. The van der Waals surface area contributed by atoms with E-state index in [2.05, 4.69) is 10.2 Å². The van der Waals surface area contributed by atoms with Crippen LogP contribution in [0.1, 0.15) is 0 Å². The smallest absolute Gasteiger partial charge is 0.241 e. The van der Waals surface area contributed by atoms with Crippen LogP contribution in [0, 0.1) is 0 Å². The molecule has 8 heteroatoms. The number of hydrogen-bond acceptors (Lipinski definition) is 7. The molecule has 1 aromatic heterocycles. The van der Waals surface area contributed by atoms with Gasteiger partial charge in [-0.15, -0.1) is 45.5 Å². The summed E-state index contributed by atoms with van der Waals surface area (Å²) in [6.07, 6.45) is 0. The van der Waals surface area contributed by atoms with E-state index in [-0.39, 0.29) is 9.44 Å². The van der Waals surface area contributed by atoms with Gasteiger partial charge in [-0.25, -0.2) is 0 Å². The molecule has 0 radical (unpaired) electrons. The number of nitrogens with zero attached hydrogens (tertiary/aromatic N) is 3. The molecule has 0 N–H and O–H groups in total. The Hall–Kier alpha value is -0.700. The summed E-state index contributed by atoms with van der Waals surface area (Å²) in [5, 5.41) is 10.1. The Balaban J connectivity index is 1.70. The lowest BCUT2D eigenvalue weighted by Gasteiger charge is -2.29. The highest BCUT2D eigenvalue weighted by atomic mass is 32.3. The van der Waals surface area contributed by atoms with Crippen LogP contribution in [-0.4, -0.2) is 36.9 Å². The average Bonchev–Trinajstić information content (AvgIpc) is 3.22. The first-order chi connectivity index (χ1) is 10.3. The summed E-state index contributed by atoms with van der Waals surface area (Å²) in [5.41, 5.74) is 1.04. The molecule has 4 nitrogen and oxygen atoms in total. The van der Waals surface area contributed by atoms with E-state index in [1.54, 1.807) is 11.8 Å². The fraction of sp³-hybridized carbons (Fsp3) is 0.308. The summed E-state index contributed by atoms with van der Waals surface area (Å²) in [4.78, 5) is 14.2. The van der Waals surface area contributed by atoms with Crippen LogP contribution in [0.4, 0.5) is 5.13 Å². The van der Waals surface area contributed by atoms with Gasteiger partial charge in [0.2, 0.25) is 11.0 Å². The first kappa shape index (κ1) is 13.9. The van der Waals surface area contributed by atoms with Crippen molar-refractivity contribution in [3.8, 4) is 10.6 Å². The molecule has 1 amide bonds. The molecule has 2 aliphatic heterocycles. The maximum Gasteiger partial charge on any atom is 0.241 e. The van der Waals surface area contributed by atoms with Crippen LogP contribution >= 0.6 is 46.6 Å². The van der Waals surface area contributed by atoms with Crippen molar-refractivity contribution in [2.75, 3.05) is 22.2 Å². The number of hydrogen-bond donors (Lipinski definition) is 0. The van der Waals surface area contributed by atoms with Crippen molar-refractivity contribution >= 4 is 57.7 Å². The van der Waals surface area contributed by atoms with Gasteiger partial charge < -0.3 is 0 Å². The van der Waals surface area contributed by atoms with Crippen molar-refractivity contribution in [2.24, 2.45) is 0 Å². The highest BCUT2D eigenvalue weighted by Crippen LogP contribution is 2.59. The van der Waals surface area contributed by atoms with Crippen LogP contribution in [0.3, 0.4) is 0 Å². The van der Waals surface area contributed by atoms with E-state index in [1.165, 1.54) is 11.3 Å². The number of thioether (sulfide) groups is 3. The van der Waals surface area contributed by atoms with E-state index < -0.39 is 0 Å². The number of carbonyl (C=O) groups excluding carboxylic acids is 1. The predicted octanol–water partition coefficient (Wildman–Crippen LogP) is 3.38. The lowest BCUT2D eigenvalue weighted by atomic mass is 10.2. The number of aromatic nitrogens is 2. The van der Waals surface area contributed by atoms with Gasteiger partial charge in [-0.05, 0) is 0 Å². The van der Waals surface area contributed by atoms with Crippen LogP contribution in [0.25, 0.3) is 10.6 Å². The summed E-state index contributed by atoms with van der Waals surface area (Å²) >= 11 is 6.87. The molecule has 2 fully saturated rings. The highest BCUT2D eigenvalue weighted by Gasteiger charge is 2.52. The fourth-order valence-corrected chi connectivity index (χ4v) is 8.27. The van der Waals surface area contributed by atoms with E-state index in [9.17, 15) is 4.79 Å². The normalized spacial score (nSPS) is 20.6. The molecule has 21 heavy (non-hydrogen) atoms. The minimum Gasteiger partial charge on any atom is -0.273 e. The molecule has 0 aliphatic carbocycles. The number of carbonyl (C=O) groups is 1. The zero-order chi connectivity index (χ0) is 14.3. The predicted molar refractivity (Wildman–Crippen MR) is 92.9 cm³/mol. The Morgan fingerprint density at radius 1 is 1.05 bits per heavy atom. The van der Waals surface area contributed by atoms with Gasteiger partial charge in [0, 0.05) is 17.1 Å². The van der Waals surface area contributed by atoms with Crippen LogP contribution in [0.2, 0.25) is 0 Å². The van der Waals surface area contributed by atoms with Gasteiger partial charge in [0.15, 0.2) is 3.54 Å². The second kappa shape index (κ2) is 5.49. The lowest BCUT2D eigenvalue weighted by Crippen LogP contribution is -2.38. The monoisotopic (exact) mass is 353 g/mol. The zero-order valence-electron chi connectivity index (χ0n) is 10.9. The third-order valence-corrected chi connectivity index (χ3v) is 9.37. The van der Waals surface area contributed by atoms with E-state index >= 15 is 0 Å². The average molecular weight is 354 g/mol. The number of benzene rings is 1. The van der Waals surface area contributed by atoms with Crippen molar-refractivity contribution in [1.82, 2.24) is 10.2 Å². The molecule has 4 rings (SSSR count). The van der Waals surface area contributed by atoms with E-state index in [0.29, 0.717) is 10.9 Å². The van der Waals surface area contributed by atoms with Crippen LogP contribution < -0.4 is 4.90 Å². The second-order valence-electron chi connectivity index (χ2n) is 4.49. The summed E-state index contributed by atoms with van der Waals surface area (Å²) < 4.78 is -0.218. The fourth-order valence-electron chi connectivity index (χ4n) is 2.26. The molecule has 1 spiro atoms. The van der Waals surface area contributed by atoms with Gasteiger partial charge in [0.25, 0.3) is 0 Å². The third kappa shape index (κ3) is 2.38. The highest BCUT2D eigenvalue weighted by molar-refractivity contribution is 8.36. The van der Waals surface area contributed by atoms with E-state index in [1.807, 2.05) is 58.8 Å². The molecule has 2 saturated heterocycles. The van der Waals surface area contributed by atoms with Gasteiger partial charge >= 0.3 is 0 Å². The van der Waals surface area contributed by atoms with Crippen molar-refractivity contribution in [2.45, 2.75) is 3.54 Å². The van der Waals surface area contributed by atoms with Crippen LogP contribution in [0.5, 0.6) is 0 Å². The molecular formula is C13H11N3OS4. The molecule has 108 valence electrons. The molecule has 1 aromatic carbocycles. The van der Waals surface area contributed by atoms with Crippen molar-refractivity contribution in [1.29, 1.82) is 0 Å². The molecule has 0 unspecified atom stereocenters. The third-order valence-electron chi connectivity index (χ3n) is 3.18. The van der Waals surface area contributed by atoms with Gasteiger partial charge in [-0.3, -0.25) is 9.69 Å². The topological polar surface area (TPSA) is 46.1 Å². The Morgan fingerprint density at radius 2 is 1.81 bits per heavy atom. The van der Waals surface area contributed by atoms with Gasteiger partial charge in [0.1, 0.15) is 5.01 Å². The van der Waals surface area contributed by atoms with Gasteiger partial charge in [-0.2, -0.15) is 0 Å². The van der Waals surface area contributed by atoms with Crippen LogP contribution in [0.15, 0.2) is 30.3 Å². The lowest BCUT2D eigenvalue weighted by molar-refractivity contribution is -0.115. The Kier molecular flexibility index (Phi) is 3.64. The largest absolute Gasteiger partial charge is 0.273 e. The molecule has 0 atom stereocenters. The zero-order valence-corrected chi connectivity index (χ0v) is 14.2. The van der Waals surface area contributed by atoms with Crippen molar-refractivity contribution in [3.05, 3.63) is 30.3 Å². The number of anilines is 1. The summed E-state index contributed by atoms with van der Waals surface area (Å²) in [6, 6.07) is 9.97. The Morgan fingerprint density at radius 3 is 2.57 bits per heavy atom. The van der Waals surface area contributed by atoms with Crippen LogP contribution in [-0.2, 0) is 4.79 Å².